The van der Waals surface area contributed by atoms with E-state index in [1.54, 1.807) is 0 Å². The normalized spacial score (nSPS) is 17.9. The highest BCUT2D eigenvalue weighted by molar-refractivity contribution is 9.10. The van der Waals surface area contributed by atoms with E-state index in [2.05, 4.69) is 50.5 Å². The van der Waals surface area contributed by atoms with Crippen molar-refractivity contribution < 1.29 is 0 Å². The van der Waals surface area contributed by atoms with Crippen molar-refractivity contribution in [3.05, 3.63) is 34.3 Å². The standard InChI is InChI=1S/C13H18BrN3/c1-2-16-12(15)17-9-13(6-7-13)10-4-3-5-11(14)8-10/h3-5,8H,2,6-7,9H2,1H3,(H3,15,16,17). The molecule has 4 heteroatoms. The molecule has 0 bridgehead atoms. The lowest BCUT2D eigenvalue weighted by Crippen LogP contribution is -2.32. The second-order valence-corrected chi connectivity index (χ2v) is 5.44. The average Bonchev–Trinajstić information content (AvgIpc) is 3.08. The van der Waals surface area contributed by atoms with Gasteiger partial charge in [-0.1, -0.05) is 28.1 Å². The third-order valence-corrected chi connectivity index (χ3v) is 3.69. The van der Waals surface area contributed by atoms with Crippen molar-refractivity contribution in [2.45, 2.75) is 25.2 Å². The van der Waals surface area contributed by atoms with Crippen LogP contribution in [0.4, 0.5) is 0 Å². The zero-order valence-corrected chi connectivity index (χ0v) is 11.6. The summed E-state index contributed by atoms with van der Waals surface area (Å²) in [5.41, 5.74) is 7.34. The monoisotopic (exact) mass is 295 g/mol. The van der Waals surface area contributed by atoms with Crippen molar-refractivity contribution in [3.63, 3.8) is 0 Å². The van der Waals surface area contributed by atoms with Crippen LogP contribution >= 0.6 is 15.9 Å². The van der Waals surface area contributed by atoms with E-state index < -0.39 is 0 Å². The lowest BCUT2D eigenvalue weighted by atomic mass is 9.96. The van der Waals surface area contributed by atoms with Crippen molar-refractivity contribution >= 4 is 21.9 Å². The summed E-state index contributed by atoms with van der Waals surface area (Å²) in [6, 6.07) is 8.50. The molecule has 1 aliphatic carbocycles. The highest BCUT2D eigenvalue weighted by atomic mass is 79.9. The molecular weight excluding hydrogens is 278 g/mol. The van der Waals surface area contributed by atoms with Gasteiger partial charge >= 0.3 is 0 Å². The van der Waals surface area contributed by atoms with Gasteiger partial charge in [0.25, 0.3) is 0 Å². The van der Waals surface area contributed by atoms with Crippen LogP contribution in [0, 0.1) is 0 Å². The number of nitrogens with two attached hydrogens (primary N) is 1. The molecule has 0 atom stereocenters. The Morgan fingerprint density at radius 3 is 2.88 bits per heavy atom. The van der Waals surface area contributed by atoms with Crippen molar-refractivity contribution in [1.82, 2.24) is 5.32 Å². The van der Waals surface area contributed by atoms with Crippen LogP contribution in [0.15, 0.2) is 33.7 Å². The third-order valence-electron chi connectivity index (χ3n) is 3.20. The predicted octanol–water partition coefficient (Wildman–Crippen LogP) is 2.40. The lowest BCUT2D eigenvalue weighted by Gasteiger charge is -2.14. The molecule has 0 aliphatic heterocycles. The number of halogens is 1. The quantitative estimate of drug-likeness (QED) is 0.662. The Morgan fingerprint density at radius 1 is 1.53 bits per heavy atom. The summed E-state index contributed by atoms with van der Waals surface area (Å²) >= 11 is 3.51. The van der Waals surface area contributed by atoms with Crippen molar-refractivity contribution in [2.75, 3.05) is 13.1 Å². The minimum atomic E-state index is 0.226. The summed E-state index contributed by atoms with van der Waals surface area (Å²) in [5.74, 6) is 0.550. The third kappa shape index (κ3) is 3.00. The highest BCUT2D eigenvalue weighted by Crippen LogP contribution is 2.48. The minimum Gasteiger partial charge on any atom is -0.370 e. The number of rotatable bonds is 4. The Bertz CT molecular complexity index is 424. The maximum atomic E-state index is 5.76. The molecule has 0 spiro atoms. The van der Waals surface area contributed by atoms with Crippen molar-refractivity contribution in [1.29, 1.82) is 0 Å². The number of hydrogen-bond donors (Lipinski definition) is 2. The topological polar surface area (TPSA) is 50.4 Å². The molecule has 3 N–H and O–H groups in total. The Balaban J connectivity index is 2.07. The Hall–Kier alpha value is -1.03. The van der Waals surface area contributed by atoms with Gasteiger partial charge in [0.05, 0.1) is 6.54 Å². The first-order valence-corrected chi connectivity index (χ1v) is 6.75. The summed E-state index contributed by atoms with van der Waals surface area (Å²) in [4.78, 5) is 4.42. The van der Waals surface area contributed by atoms with Gasteiger partial charge in [0, 0.05) is 16.4 Å². The fourth-order valence-electron chi connectivity index (χ4n) is 1.98. The molecule has 1 aliphatic rings. The fourth-order valence-corrected chi connectivity index (χ4v) is 2.38. The van der Waals surface area contributed by atoms with Crippen LogP contribution in [0.1, 0.15) is 25.3 Å². The summed E-state index contributed by atoms with van der Waals surface area (Å²) in [5, 5.41) is 3.03. The molecule has 1 fully saturated rings. The second kappa shape index (κ2) is 5.08. The molecule has 0 aromatic heterocycles. The molecule has 3 nitrogen and oxygen atoms in total. The van der Waals surface area contributed by atoms with Crippen molar-refractivity contribution in [3.8, 4) is 0 Å². The summed E-state index contributed by atoms with van der Waals surface area (Å²) in [7, 11) is 0. The van der Waals surface area contributed by atoms with Crippen LogP contribution in [0.25, 0.3) is 0 Å². The molecule has 0 radical (unpaired) electrons. The molecule has 0 amide bonds. The summed E-state index contributed by atoms with van der Waals surface area (Å²) in [6.45, 7) is 3.62. The number of aliphatic imine (C=N–C) groups is 1. The molecule has 1 aromatic rings. The van der Waals surface area contributed by atoms with E-state index >= 15 is 0 Å². The molecule has 1 saturated carbocycles. The number of nitrogens with one attached hydrogen (secondary N) is 1. The zero-order valence-electron chi connectivity index (χ0n) is 10.0. The molecule has 0 heterocycles. The molecule has 2 rings (SSSR count). The van der Waals surface area contributed by atoms with Gasteiger partial charge in [0.2, 0.25) is 0 Å². The Labute approximate surface area is 111 Å². The van der Waals surface area contributed by atoms with Crippen LogP contribution in [-0.4, -0.2) is 19.0 Å². The fraction of sp³-hybridized carbons (Fsp3) is 0.462. The average molecular weight is 296 g/mol. The van der Waals surface area contributed by atoms with Crippen LogP contribution in [0.3, 0.4) is 0 Å². The van der Waals surface area contributed by atoms with Gasteiger partial charge in [-0.15, -0.1) is 0 Å². The Kier molecular flexibility index (Phi) is 3.72. The van der Waals surface area contributed by atoms with Gasteiger partial charge in [-0.05, 0) is 37.5 Å². The molecule has 17 heavy (non-hydrogen) atoms. The van der Waals surface area contributed by atoms with E-state index in [9.17, 15) is 0 Å². The summed E-state index contributed by atoms with van der Waals surface area (Å²) < 4.78 is 1.13. The van der Waals surface area contributed by atoms with Gasteiger partial charge in [-0.2, -0.15) is 0 Å². The van der Waals surface area contributed by atoms with Gasteiger partial charge in [-0.3, -0.25) is 4.99 Å². The predicted molar refractivity (Wildman–Crippen MR) is 75.2 cm³/mol. The van der Waals surface area contributed by atoms with Crippen LogP contribution in [-0.2, 0) is 5.41 Å². The van der Waals surface area contributed by atoms with Crippen LogP contribution in [0.5, 0.6) is 0 Å². The lowest BCUT2D eigenvalue weighted by molar-refractivity contribution is 0.700. The van der Waals surface area contributed by atoms with E-state index in [1.165, 1.54) is 18.4 Å². The minimum absolute atomic E-state index is 0.226. The van der Waals surface area contributed by atoms with E-state index in [4.69, 9.17) is 5.73 Å². The van der Waals surface area contributed by atoms with Gasteiger partial charge in [0.15, 0.2) is 5.96 Å². The van der Waals surface area contributed by atoms with Gasteiger partial charge < -0.3 is 11.1 Å². The molecule has 0 saturated heterocycles. The van der Waals surface area contributed by atoms with E-state index in [-0.39, 0.29) is 5.41 Å². The first kappa shape index (κ1) is 12.4. The van der Waals surface area contributed by atoms with E-state index in [1.807, 2.05) is 6.92 Å². The van der Waals surface area contributed by atoms with Gasteiger partial charge in [-0.25, -0.2) is 0 Å². The number of benzene rings is 1. The number of guanidine groups is 1. The smallest absolute Gasteiger partial charge is 0.188 e. The van der Waals surface area contributed by atoms with Crippen LogP contribution < -0.4 is 11.1 Å². The van der Waals surface area contributed by atoms with Gasteiger partial charge in [0.1, 0.15) is 0 Å². The van der Waals surface area contributed by atoms with E-state index in [0.717, 1.165) is 17.6 Å². The largest absolute Gasteiger partial charge is 0.370 e. The SMILES string of the molecule is CCNC(N)=NCC1(c2cccc(Br)c2)CC1. The molecule has 0 unspecified atom stereocenters. The van der Waals surface area contributed by atoms with Crippen molar-refractivity contribution in [2.24, 2.45) is 10.7 Å². The highest BCUT2D eigenvalue weighted by Gasteiger charge is 2.44. The van der Waals surface area contributed by atoms with Crippen LogP contribution in [0.2, 0.25) is 0 Å². The zero-order chi connectivity index (χ0) is 12.3. The maximum absolute atomic E-state index is 5.76. The molecule has 1 aromatic carbocycles. The molecule has 92 valence electrons. The molecular formula is C13H18BrN3. The first-order chi connectivity index (χ1) is 8.16. The first-order valence-electron chi connectivity index (χ1n) is 5.96. The van der Waals surface area contributed by atoms with E-state index in [0.29, 0.717) is 5.96 Å². The number of nitrogens with zero attached hydrogens (tertiary/aromatic N) is 1. The number of hydrogen-bond acceptors (Lipinski definition) is 1. The summed E-state index contributed by atoms with van der Waals surface area (Å²) in [6.07, 6.45) is 2.40. The maximum Gasteiger partial charge on any atom is 0.188 e. The second-order valence-electron chi connectivity index (χ2n) is 4.52. The Morgan fingerprint density at radius 2 is 2.29 bits per heavy atom.